The van der Waals surface area contributed by atoms with Crippen LogP contribution in [0.3, 0.4) is 0 Å². The Morgan fingerprint density at radius 1 is 1.20 bits per heavy atom. The molecule has 1 saturated carbocycles. The summed E-state index contributed by atoms with van der Waals surface area (Å²) in [5.41, 5.74) is 3.47. The molecule has 4 rings (SSSR count). The molecule has 30 heavy (non-hydrogen) atoms. The zero-order chi connectivity index (χ0) is 21.7. The van der Waals surface area contributed by atoms with E-state index >= 15 is 0 Å². The van der Waals surface area contributed by atoms with E-state index in [0.29, 0.717) is 18.2 Å². The number of hydrogen-bond acceptors (Lipinski definition) is 4. The first-order valence-electron chi connectivity index (χ1n) is 10.0. The number of aromatic amines is 1. The maximum Gasteiger partial charge on any atom is 0.379 e. The van der Waals surface area contributed by atoms with Gasteiger partial charge < -0.3 is 14.3 Å². The summed E-state index contributed by atoms with van der Waals surface area (Å²) in [6, 6.07) is 5.30. The molecule has 0 aliphatic heterocycles. The Morgan fingerprint density at radius 2 is 1.90 bits per heavy atom. The van der Waals surface area contributed by atoms with Crippen LogP contribution < -0.4 is 10.3 Å². The number of alkyl halides is 3. The number of nitrogens with zero attached hydrogens (tertiary/aromatic N) is 3. The van der Waals surface area contributed by atoms with Crippen molar-refractivity contribution in [2.75, 3.05) is 0 Å². The largest absolute Gasteiger partial charge is 0.474 e. The van der Waals surface area contributed by atoms with Gasteiger partial charge in [-0.15, -0.1) is 0 Å². The third-order valence-electron chi connectivity index (χ3n) is 5.06. The summed E-state index contributed by atoms with van der Waals surface area (Å²) in [4.78, 5) is 24.5. The number of H-pyrrole nitrogens is 1. The molecule has 0 bridgehead atoms. The highest BCUT2D eigenvalue weighted by atomic mass is 19.4. The topological polar surface area (TPSA) is 72.8 Å². The van der Waals surface area contributed by atoms with Crippen LogP contribution >= 0.6 is 0 Å². The van der Waals surface area contributed by atoms with Crippen molar-refractivity contribution < 1.29 is 17.9 Å². The Bertz CT molecular complexity index is 1040. The molecule has 1 aliphatic carbocycles. The van der Waals surface area contributed by atoms with Crippen LogP contribution in [-0.4, -0.2) is 32.3 Å². The molecule has 0 atom stereocenters. The SMILES string of the molecule is CCn1c(=O)ccc2[nH]cc(-c3cc(OC4CCCCC4)nc(C)n3)c21.FC(F)F. The molecule has 6 nitrogen and oxygen atoms in total. The molecule has 0 saturated heterocycles. The molecule has 9 heteroatoms. The molecule has 0 aromatic carbocycles. The average molecular weight is 422 g/mol. The number of hydrogen-bond donors (Lipinski definition) is 1. The first kappa shape index (κ1) is 21.9. The zero-order valence-electron chi connectivity index (χ0n) is 17.0. The Hall–Kier alpha value is -2.84. The van der Waals surface area contributed by atoms with E-state index in [1.807, 2.05) is 32.2 Å². The fourth-order valence-corrected chi connectivity index (χ4v) is 3.81. The van der Waals surface area contributed by atoms with Gasteiger partial charge in [-0.1, -0.05) is 6.42 Å². The van der Waals surface area contributed by atoms with Gasteiger partial charge in [-0.3, -0.25) is 4.79 Å². The first-order valence-corrected chi connectivity index (χ1v) is 10.0. The quantitative estimate of drug-likeness (QED) is 0.642. The van der Waals surface area contributed by atoms with Gasteiger partial charge in [-0.25, -0.2) is 4.98 Å². The predicted octanol–water partition coefficient (Wildman–Crippen LogP) is 5.00. The number of pyridine rings is 1. The second-order valence-corrected chi connectivity index (χ2v) is 7.14. The summed E-state index contributed by atoms with van der Waals surface area (Å²) < 4.78 is 36.9. The zero-order valence-corrected chi connectivity index (χ0v) is 17.0. The second-order valence-electron chi connectivity index (χ2n) is 7.14. The summed E-state index contributed by atoms with van der Waals surface area (Å²) >= 11 is 0. The van der Waals surface area contributed by atoms with E-state index in [2.05, 4.69) is 15.0 Å². The molecular formula is C21H25F3N4O2. The maximum absolute atomic E-state index is 12.2. The molecule has 3 heterocycles. The van der Waals surface area contributed by atoms with Crippen molar-refractivity contribution in [3.63, 3.8) is 0 Å². The van der Waals surface area contributed by atoms with Crippen LogP contribution in [0.4, 0.5) is 13.2 Å². The molecule has 0 radical (unpaired) electrons. The lowest BCUT2D eigenvalue weighted by molar-refractivity contribution is 0.00819. The number of rotatable bonds is 4. The van der Waals surface area contributed by atoms with Crippen LogP contribution in [0, 0.1) is 6.92 Å². The highest BCUT2D eigenvalue weighted by Crippen LogP contribution is 2.29. The standard InChI is InChI=1S/C20H24N4O2.CHF3/c1-3-24-19(25)10-9-16-20(24)15(12-21-16)17-11-18(23-13(2)22-17)26-14-7-5-4-6-8-14;2-1(3)4/h9-12,14,21H,3-8H2,1-2H3;1H. The third-order valence-corrected chi connectivity index (χ3v) is 5.06. The number of fused-ring (bicyclic) bond motifs is 1. The highest BCUT2D eigenvalue weighted by Gasteiger charge is 2.18. The summed E-state index contributed by atoms with van der Waals surface area (Å²) in [7, 11) is 0. The van der Waals surface area contributed by atoms with Crippen LogP contribution in [0.25, 0.3) is 22.3 Å². The fourth-order valence-electron chi connectivity index (χ4n) is 3.81. The van der Waals surface area contributed by atoms with Gasteiger partial charge in [0.1, 0.15) is 11.9 Å². The van der Waals surface area contributed by atoms with Gasteiger partial charge in [-0.05, 0) is 45.6 Å². The molecule has 162 valence electrons. The lowest BCUT2D eigenvalue weighted by atomic mass is 9.98. The van der Waals surface area contributed by atoms with Gasteiger partial charge in [0.25, 0.3) is 5.56 Å². The number of halogens is 3. The van der Waals surface area contributed by atoms with Crippen molar-refractivity contribution in [3.05, 3.63) is 40.6 Å². The van der Waals surface area contributed by atoms with Crippen molar-refractivity contribution in [1.82, 2.24) is 19.5 Å². The van der Waals surface area contributed by atoms with Gasteiger partial charge in [0, 0.05) is 30.4 Å². The number of aryl methyl sites for hydroxylation is 2. The van der Waals surface area contributed by atoms with Gasteiger partial charge in [0.15, 0.2) is 0 Å². The van der Waals surface area contributed by atoms with Gasteiger partial charge in [-0.2, -0.15) is 18.2 Å². The third kappa shape index (κ3) is 5.20. The van der Waals surface area contributed by atoms with Crippen LogP contribution in [-0.2, 0) is 6.54 Å². The van der Waals surface area contributed by atoms with Crippen molar-refractivity contribution in [3.8, 4) is 17.1 Å². The Kier molecular flexibility index (Phi) is 7.12. The Labute approximate surface area is 172 Å². The van der Waals surface area contributed by atoms with E-state index < -0.39 is 6.68 Å². The Balaban J connectivity index is 0.000000589. The van der Waals surface area contributed by atoms with Crippen molar-refractivity contribution in [2.24, 2.45) is 0 Å². The average Bonchev–Trinajstić information content (AvgIpc) is 3.12. The normalized spacial score (nSPS) is 14.6. The van der Waals surface area contributed by atoms with E-state index in [1.54, 1.807) is 10.6 Å². The van der Waals surface area contributed by atoms with Crippen molar-refractivity contribution in [1.29, 1.82) is 0 Å². The van der Waals surface area contributed by atoms with Crippen LogP contribution in [0.2, 0.25) is 0 Å². The number of ether oxygens (including phenoxy) is 1. The van der Waals surface area contributed by atoms with E-state index in [0.717, 1.165) is 35.1 Å². The summed E-state index contributed by atoms with van der Waals surface area (Å²) in [5.74, 6) is 1.29. The monoisotopic (exact) mass is 422 g/mol. The Morgan fingerprint density at radius 3 is 2.57 bits per heavy atom. The molecule has 3 aromatic heterocycles. The fraction of sp³-hybridized carbons (Fsp3) is 0.476. The minimum Gasteiger partial charge on any atom is -0.474 e. The van der Waals surface area contributed by atoms with E-state index in [4.69, 9.17) is 4.74 Å². The van der Waals surface area contributed by atoms with Crippen LogP contribution in [0.15, 0.2) is 29.2 Å². The molecule has 0 spiro atoms. The lowest BCUT2D eigenvalue weighted by Gasteiger charge is -2.22. The maximum atomic E-state index is 12.2. The van der Waals surface area contributed by atoms with E-state index in [-0.39, 0.29) is 11.7 Å². The van der Waals surface area contributed by atoms with Crippen LogP contribution in [0.5, 0.6) is 5.88 Å². The molecule has 1 N–H and O–H groups in total. The van der Waals surface area contributed by atoms with Crippen molar-refractivity contribution in [2.45, 2.75) is 65.3 Å². The molecule has 1 aliphatic rings. The lowest BCUT2D eigenvalue weighted by Crippen LogP contribution is -2.20. The molecule has 0 amide bonds. The number of nitrogens with one attached hydrogen (secondary N) is 1. The predicted molar refractivity (Wildman–Crippen MR) is 109 cm³/mol. The van der Waals surface area contributed by atoms with Gasteiger partial charge in [0.05, 0.1) is 16.7 Å². The van der Waals surface area contributed by atoms with Crippen molar-refractivity contribution >= 4 is 11.0 Å². The van der Waals surface area contributed by atoms with Gasteiger partial charge in [0.2, 0.25) is 5.88 Å². The molecule has 0 unspecified atom stereocenters. The van der Waals surface area contributed by atoms with Gasteiger partial charge >= 0.3 is 6.68 Å². The summed E-state index contributed by atoms with van der Waals surface area (Å²) in [5, 5.41) is 0. The first-order chi connectivity index (χ1) is 14.4. The van der Waals surface area contributed by atoms with E-state index in [9.17, 15) is 18.0 Å². The second kappa shape index (κ2) is 9.77. The molecule has 3 aromatic rings. The summed E-state index contributed by atoms with van der Waals surface area (Å²) in [6.45, 7) is 0.788. The number of aromatic nitrogens is 4. The van der Waals surface area contributed by atoms with E-state index in [1.165, 1.54) is 19.3 Å². The smallest absolute Gasteiger partial charge is 0.379 e. The minimum absolute atomic E-state index is 0.00897. The summed E-state index contributed by atoms with van der Waals surface area (Å²) in [6.07, 6.45) is 8.03. The molecule has 1 fully saturated rings. The molecular weight excluding hydrogens is 397 g/mol. The highest BCUT2D eigenvalue weighted by molar-refractivity contribution is 5.91. The minimum atomic E-state index is -3.67. The van der Waals surface area contributed by atoms with Crippen LogP contribution in [0.1, 0.15) is 44.9 Å².